The van der Waals surface area contributed by atoms with Gasteiger partial charge in [0, 0.05) is 49.2 Å². The molecule has 0 aliphatic carbocycles. The van der Waals surface area contributed by atoms with Crippen LogP contribution in [0.3, 0.4) is 0 Å². The molecular weight excluding hydrogens is 474 g/mol. The third-order valence-electron chi connectivity index (χ3n) is 7.16. The fraction of sp³-hybridized carbons (Fsp3) is 0.458. The molecule has 0 aromatic carbocycles. The maximum Gasteiger partial charge on any atom is 0.263 e. The van der Waals surface area contributed by atoms with Crippen molar-refractivity contribution in [3.8, 4) is 5.88 Å². The standard InChI is InChI=1S/C24H26F2N6O2S/c1-12-2-4-17-19(27)20(35-23(17)29-12)21(33)30-16-6-13-3-5-18(31-22(13)34-11-16)32-9-14-7-28-8-15(10-32)24(14,25)26/h2-5,14-16,28H,6-11,27H2,1H3,(H,30,33). The van der Waals surface area contributed by atoms with E-state index in [0.29, 0.717) is 41.8 Å². The van der Waals surface area contributed by atoms with E-state index in [9.17, 15) is 13.6 Å². The van der Waals surface area contributed by atoms with Crippen LogP contribution in [0.4, 0.5) is 20.3 Å². The Morgan fingerprint density at radius 1 is 1.23 bits per heavy atom. The number of nitrogen functional groups attached to an aromatic ring is 1. The van der Waals surface area contributed by atoms with Gasteiger partial charge in [0.2, 0.25) is 5.88 Å². The number of hydrogen-bond acceptors (Lipinski definition) is 8. The van der Waals surface area contributed by atoms with Gasteiger partial charge in [-0.05, 0) is 31.2 Å². The molecule has 2 saturated heterocycles. The molecule has 2 fully saturated rings. The minimum Gasteiger partial charge on any atom is -0.475 e. The van der Waals surface area contributed by atoms with Crippen molar-refractivity contribution in [2.24, 2.45) is 11.8 Å². The van der Waals surface area contributed by atoms with Crippen LogP contribution in [-0.4, -0.2) is 60.6 Å². The summed E-state index contributed by atoms with van der Waals surface area (Å²) < 4.78 is 34.9. The molecule has 184 valence electrons. The van der Waals surface area contributed by atoms with Crippen LogP contribution in [0.5, 0.6) is 5.88 Å². The third kappa shape index (κ3) is 3.86. The molecule has 35 heavy (non-hydrogen) atoms. The molecule has 1 amide bonds. The Bertz CT molecular complexity index is 1300. The number of alkyl halides is 2. The Morgan fingerprint density at radius 3 is 2.77 bits per heavy atom. The average molecular weight is 501 g/mol. The first-order chi connectivity index (χ1) is 16.8. The Kier molecular flexibility index (Phi) is 5.29. The number of pyridine rings is 2. The van der Waals surface area contributed by atoms with Gasteiger partial charge in [-0.15, -0.1) is 11.3 Å². The smallest absolute Gasteiger partial charge is 0.263 e. The van der Waals surface area contributed by atoms with Crippen molar-refractivity contribution in [2.75, 3.05) is 43.4 Å². The Labute approximate surface area is 204 Å². The zero-order chi connectivity index (χ0) is 24.3. The molecule has 6 heterocycles. The van der Waals surface area contributed by atoms with Crippen LogP contribution in [0.15, 0.2) is 24.3 Å². The topological polar surface area (TPSA) is 105 Å². The summed E-state index contributed by atoms with van der Waals surface area (Å²) in [5, 5.41) is 6.91. The first kappa shape index (κ1) is 22.4. The molecule has 11 heteroatoms. The SMILES string of the molecule is Cc1ccc2c(N)c(C(=O)NC3COc4nc(N5CC6CNCC(C5)C6(F)F)ccc4C3)sc2n1. The number of rotatable bonds is 3. The van der Waals surface area contributed by atoms with Crippen molar-refractivity contribution in [2.45, 2.75) is 25.3 Å². The number of carbonyl (C=O) groups excluding carboxylic acids is 1. The summed E-state index contributed by atoms with van der Waals surface area (Å²) in [7, 11) is 0. The van der Waals surface area contributed by atoms with E-state index in [2.05, 4.69) is 20.6 Å². The number of nitrogens with one attached hydrogen (secondary N) is 2. The zero-order valence-corrected chi connectivity index (χ0v) is 20.0. The van der Waals surface area contributed by atoms with Crippen molar-refractivity contribution < 1.29 is 18.3 Å². The number of nitrogens with two attached hydrogens (primary N) is 1. The second-order valence-electron chi connectivity index (χ2n) is 9.60. The lowest BCUT2D eigenvalue weighted by atomic mass is 9.81. The lowest BCUT2D eigenvalue weighted by Gasteiger charge is -2.47. The quantitative estimate of drug-likeness (QED) is 0.508. The number of fused-ring (bicyclic) bond motifs is 4. The van der Waals surface area contributed by atoms with Gasteiger partial charge in [-0.25, -0.2) is 13.8 Å². The summed E-state index contributed by atoms with van der Waals surface area (Å²) in [6.45, 7) is 3.29. The van der Waals surface area contributed by atoms with Gasteiger partial charge in [-0.1, -0.05) is 0 Å². The first-order valence-corrected chi connectivity index (χ1v) is 12.5. The molecule has 6 rings (SSSR count). The second-order valence-corrected chi connectivity index (χ2v) is 10.6. The highest BCUT2D eigenvalue weighted by atomic mass is 32.1. The number of ether oxygens (including phenoxy) is 1. The van der Waals surface area contributed by atoms with E-state index in [1.54, 1.807) is 0 Å². The monoisotopic (exact) mass is 500 g/mol. The van der Waals surface area contributed by atoms with Crippen molar-refractivity contribution in [3.05, 3.63) is 40.4 Å². The van der Waals surface area contributed by atoms with E-state index >= 15 is 0 Å². The number of anilines is 2. The van der Waals surface area contributed by atoms with Crippen LogP contribution >= 0.6 is 11.3 Å². The third-order valence-corrected chi connectivity index (χ3v) is 8.28. The average Bonchev–Trinajstić information content (AvgIpc) is 3.13. The second kappa shape index (κ2) is 8.27. The lowest BCUT2D eigenvalue weighted by Crippen LogP contribution is -2.63. The summed E-state index contributed by atoms with van der Waals surface area (Å²) in [6, 6.07) is 7.30. The highest BCUT2D eigenvalue weighted by molar-refractivity contribution is 7.21. The van der Waals surface area contributed by atoms with Gasteiger partial charge in [-0.3, -0.25) is 4.79 Å². The van der Waals surface area contributed by atoms with Gasteiger partial charge in [0.25, 0.3) is 11.8 Å². The zero-order valence-electron chi connectivity index (χ0n) is 19.2. The Balaban J connectivity index is 1.15. The van der Waals surface area contributed by atoms with Gasteiger partial charge < -0.3 is 26.0 Å². The molecule has 3 aliphatic heterocycles. The molecule has 0 spiro atoms. The van der Waals surface area contributed by atoms with Crippen LogP contribution < -0.4 is 26.0 Å². The van der Waals surface area contributed by atoms with E-state index in [4.69, 9.17) is 10.5 Å². The van der Waals surface area contributed by atoms with Crippen molar-refractivity contribution in [1.29, 1.82) is 0 Å². The molecule has 0 saturated carbocycles. The largest absolute Gasteiger partial charge is 0.475 e. The van der Waals surface area contributed by atoms with Gasteiger partial charge >= 0.3 is 0 Å². The molecule has 3 aliphatic rings. The molecule has 8 nitrogen and oxygen atoms in total. The van der Waals surface area contributed by atoms with E-state index < -0.39 is 17.8 Å². The highest BCUT2D eigenvalue weighted by Crippen LogP contribution is 2.41. The number of thiophene rings is 1. The number of nitrogens with zero attached hydrogens (tertiary/aromatic N) is 3. The molecule has 4 N–H and O–H groups in total. The number of halogens is 2. The molecule has 3 atom stereocenters. The maximum atomic E-state index is 14.5. The minimum atomic E-state index is -2.65. The van der Waals surface area contributed by atoms with Crippen LogP contribution in [0.25, 0.3) is 10.2 Å². The van der Waals surface area contributed by atoms with E-state index in [1.165, 1.54) is 11.3 Å². The number of piperidine rings is 2. The summed E-state index contributed by atoms with van der Waals surface area (Å²) in [5.74, 6) is -3.21. The van der Waals surface area contributed by atoms with Crippen molar-refractivity contribution >= 4 is 39.0 Å². The van der Waals surface area contributed by atoms with Crippen LogP contribution in [0, 0.1) is 18.8 Å². The Hall–Kier alpha value is -3.05. The van der Waals surface area contributed by atoms with Crippen LogP contribution in [0.2, 0.25) is 0 Å². The number of amides is 1. The van der Waals surface area contributed by atoms with E-state index in [0.717, 1.165) is 21.5 Å². The molecule has 0 radical (unpaired) electrons. The molecule has 3 aromatic heterocycles. The predicted octanol–water partition coefficient (Wildman–Crippen LogP) is 2.61. The van der Waals surface area contributed by atoms with Gasteiger partial charge in [0.15, 0.2) is 0 Å². The minimum absolute atomic E-state index is 0.235. The lowest BCUT2D eigenvalue weighted by molar-refractivity contribution is -0.130. The molecule has 3 unspecified atom stereocenters. The predicted molar refractivity (Wildman–Crippen MR) is 130 cm³/mol. The summed E-state index contributed by atoms with van der Waals surface area (Å²) in [6.07, 6.45) is 0.559. The van der Waals surface area contributed by atoms with Crippen LogP contribution in [-0.2, 0) is 6.42 Å². The van der Waals surface area contributed by atoms with Gasteiger partial charge in [0.05, 0.1) is 23.6 Å². The van der Waals surface area contributed by atoms with E-state index in [-0.39, 0.29) is 31.6 Å². The number of aryl methyl sites for hydroxylation is 1. The Morgan fingerprint density at radius 2 is 2.00 bits per heavy atom. The van der Waals surface area contributed by atoms with Gasteiger partial charge in [-0.2, -0.15) is 4.98 Å². The molecule has 3 aromatic rings. The fourth-order valence-corrected chi connectivity index (χ4v) is 6.27. The van der Waals surface area contributed by atoms with Crippen molar-refractivity contribution in [1.82, 2.24) is 20.6 Å². The fourth-order valence-electron chi connectivity index (χ4n) is 5.23. The summed E-state index contributed by atoms with van der Waals surface area (Å²) in [4.78, 5) is 25.2. The number of aromatic nitrogens is 2. The van der Waals surface area contributed by atoms with Crippen LogP contribution in [0.1, 0.15) is 20.9 Å². The number of carbonyl (C=O) groups is 1. The number of hydrogen-bond donors (Lipinski definition) is 3. The summed E-state index contributed by atoms with van der Waals surface area (Å²) in [5.41, 5.74) is 8.40. The first-order valence-electron chi connectivity index (χ1n) is 11.7. The molecule has 2 bridgehead atoms. The highest BCUT2D eigenvalue weighted by Gasteiger charge is 2.53. The summed E-state index contributed by atoms with van der Waals surface area (Å²) >= 11 is 1.28. The molecular formula is C24H26F2N6O2S. The van der Waals surface area contributed by atoms with Gasteiger partial charge in [0.1, 0.15) is 22.1 Å². The van der Waals surface area contributed by atoms with E-state index in [1.807, 2.05) is 36.1 Å². The maximum absolute atomic E-state index is 14.5. The van der Waals surface area contributed by atoms with Crippen molar-refractivity contribution in [3.63, 3.8) is 0 Å². The normalized spacial score (nSPS) is 25.1.